The monoisotopic (exact) mass is 276 g/mol. The molecule has 16 heavy (non-hydrogen) atoms. The molecule has 0 atom stereocenters. The Morgan fingerprint density at radius 1 is 1.06 bits per heavy atom. The summed E-state index contributed by atoms with van der Waals surface area (Å²) in [5, 5.41) is 0. The predicted molar refractivity (Wildman–Crippen MR) is 69.4 cm³/mol. The summed E-state index contributed by atoms with van der Waals surface area (Å²) in [7, 11) is 0. The summed E-state index contributed by atoms with van der Waals surface area (Å²) in [5.41, 5.74) is 4.48. The van der Waals surface area contributed by atoms with Gasteiger partial charge in [-0.3, -0.25) is 0 Å². The zero-order valence-corrected chi connectivity index (χ0v) is 11.2. The van der Waals surface area contributed by atoms with Crippen LogP contribution in [0.4, 0.5) is 0 Å². The fourth-order valence-electron chi connectivity index (χ4n) is 1.66. The predicted octanol–water partition coefficient (Wildman–Crippen LogP) is 3.83. The Morgan fingerprint density at radius 3 is 2.25 bits per heavy atom. The van der Waals surface area contributed by atoms with Gasteiger partial charge >= 0.3 is 0 Å². The Balaban J connectivity index is 2.57. The fraction of sp³-hybridized carbons (Fsp3) is 0.231. The molecule has 0 aliphatic carbocycles. The zero-order valence-electron chi connectivity index (χ0n) is 9.58. The van der Waals surface area contributed by atoms with Crippen molar-refractivity contribution >= 4 is 15.9 Å². The van der Waals surface area contributed by atoms with Crippen molar-refractivity contribution < 1.29 is 0 Å². The maximum absolute atomic E-state index is 4.43. The standard InChI is InChI=1S/C13H13BrN2/c1-8-6-11(7-9(2)12(8)14)13-15-5-4-10(3)16-13/h4-7H,1-3H3. The lowest BCUT2D eigenvalue weighted by atomic mass is 10.1. The quantitative estimate of drug-likeness (QED) is 0.791. The summed E-state index contributed by atoms with van der Waals surface area (Å²) in [4.78, 5) is 8.72. The molecule has 0 aliphatic heterocycles. The highest BCUT2D eigenvalue weighted by Gasteiger charge is 2.06. The Hall–Kier alpha value is -1.22. The van der Waals surface area contributed by atoms with E-state index < -0.39 is 0 Å². The van der Waals surface area contributed by atoms with E-state index in [9.17, 15) is 0 Å². The number of hydrogen-bond donors (Lipinski definition) is 0. The van der Waals surface area contributed by atoms with Gasteiger partial charge in [-0.1, -0.05) is 15.9 Å². The molecule has 82 valence electrons. The molecule has 0 amide bonds. The number of halogens is 1. The number of benzene rings is 1. The normalized spacial score (nSPS) is 10.5. The van der Waals surface area contributed by atoms with Gasteiger partial charge in [0.15, 0.2) is 5.82 Å². The molecule has 1 aromatic carbocycles. The second-order valence-electron chi connectivity index (χ2n) is 3.95. The van der Waals surface area contributed by atoms with Crippen molar-refractivity contribution in [2.75, 3.05) is 0 Å². The van der Waals surface area contributed by atoms with E-state index in [1.165, 1.54) is 11.1 Å². The van der Waals surface area contributed by atoms with Gasteiger partial charge in [-0.15, -0.1) is 0 Å². The molecule has 0 saturated heterocycles. The molecule has 0 saturated carbocycles. The minimum atomic E-state index is 0.790. The van der Waals surface area contributed by atoms with Crippen molar-refractivity contribution in [3.8, 4) is 11.4 Å². The van der Waals surface area contributed by atoms with Crippen molar-refractivity contribution in [2.24, 2.45) is 0 Å². The Kier molecular flexibility index (Phi) is 3.06. The summed E-state index contributed by atoms with van der Waals surface area (Å²) < 4.78 is 1.16. The van der Waals surface area contributed by atoms with Crippen LogP contribution in [0.15, 0.2) is 28.9 Å². The maximum atomic E-state index is 4.43. The van der Waals surface area contributed by atoms with Crippen molar-refractivity contribution in [3.63, 3.8) is 0 Å². The van der Waals surface area contributed by atoms with Crippen LogP contribution in [-0.4, -0.2) is 9.97 Å². The zero-order chi connectivity index (χ0) is 11.7. The first-order valence-electron chi connectivity index (χ1n) is 5.14. The first-order valence-corrected chi connectivity index (χ1v) is 5.94. The molecule has 0 aliphatic rings. The average molecular weight is 277 g/mol. The van der Waals surface area contributed by atoms with E-state index in [-0.39, 0.29) is 0 Å². The molecule has 0 N–H and O–H groups in total. The first-order chi connectivity index (χ1) is 7.58. The molecule has 0 unspecified atom stereocenters. The van der Waals surface area contributed by atoms with Gasteiger partial charge in [-0.2, -0.15) is 0 Å². The Bertz CT molecular complexity index is 512. The van der Waals surface area contributed by atoms with Crippen LogP contribution in [0.2, 0.25) is 0 Å². The third kappa shape index (κ3) is 2.14. The lowest BCUT2D eigenvalue weighted by molar-refractivity contribution is 1.11. The second kappa shape index (κ2) is 4.34. The van der Waals surface area contributed by atoms with Gasteiger partial charge in [-0.05, 0) is 50.1 Å². The molecule has 2 aromatic rings. The van der Waals surface area contributed by atoms with Crippen LogP contribution in [-0.2, 0) is 0 Å². The molecule has 1 aromatic heterocycles. The van der Waals surface area contributed by atoms with Gasteiger partial charge in [0.25, 0.3) is 0 Å². The van der Waals surface area contributed by atoms with E-state index >= 15 is 0 Å². The molecule has 1 heterocycles. The average Bonchev–Trinajstić information content (AvgIpc) is 2.25. The van der Waals surface area contributed by atoms with E-state index in [0.717, 1.165) is 21.6 Å². The molecule has 0 spiro atoms. The molecular weight excluding hydrogens is 264 g/mol. The third-order valence-electron chi connectivity index (χ3n) is 2.49. The molecule has 3 heteroatoms. The van der Waals surface area contributed by atoms with E-state index in [4.69, 9.17) is 0 Å². The fourth-order valence-corrected chi connectivity index (χ4v) is 1.89. The first kappa shape index (κ1) is 11.3. The lowest BCUT2D eigenvalue weighted by Crippen LogP contribution is -1.92. The summed E-state index contributed by atoms with van der Waals surface area (Å²) in [6.45, 7) is 6.14. The van der Waals surface area contributed by atoms with Crippen LogP contribution in [0.1, 0.15) is 16.8 Å². The van der Waals surface area contributed by atoms with Gasteiger partial charge < -0.3 is 0 Å². The summed E-state index contributed by atoms with van der Waals surface area (Å²) in [5.74, 6) is 0.790. The summed E-state index contributed by atoms with van der Waals surface area (Å²) in [6, 6.07) is 6.11. The van der Waals surface area contributed by atoms with Gasteiger partial charge in [-0.25, -0.2) is 9.97 Å². The van der Waals surface area contributed by atoms with E-state index in [1.807, 2.05) is 13.0 Å². The molecule has 0 radical (unpaired) electrons. The summed E-state index contributed by atoms with van der Waals surface area (Å²) in [6.07, 6.45) is 1.80. The minimum absolute atomic E-state index is 0.790. The number of nitrogens with zero attached hydrogens (tertiary/aromatic N) is 2. The van der Waals surface area contributed by atoms with Crippen molar-refractivity contribution in [2.45, 2.75) is 20.8 Å². The largest absolute Gasteiger partial charge is 0.237 e. The van der Waals surface area contributed by atoms with Crippen LogP contribution in [0.25, 0.3) is 11.4 Å². The smallest absolute Gasteiger partial charge is 0.159 e. The van der Waals surface area contributed by atoms with E-state index in [2.05, 4.69) is 51.9 Å². The van der Waals surface area contributed by atoms with Crippen molar-refractivity contribution in [1.82, 2.24) is 9.97 Å². The number of hydrogen-bond acceptors (Lipinski definition) is 2. The van der Waals surface area contributed by atoms with Gasteiger partial charge in [0, 0.05) is 21.9 Å². The highest BCUT2D eigenvalue weighted by Crippen LogP contribution is 2.26. The molecule has 0 fully saturated rings. The van der Waals surface area contributed by atoms with Crippen LogP contribution in [0.3, 0.4) is 0 Å². The van der Waals surface area contributed by atoms with Crippen LogP contribution < -0.4 is 0 Å². The maximum Gasteiger partial charge on any atom is 0.159 e. The topological polar surface area (TPSA) is 25.8 Å². The minimum Gasteiger partial charge on any atom is -0.237 e. The van der Waals surface area contributed by atoms with Crippen LogP contribution >= 0.6 is 15.9 Å². The van der Waals surface area contributed by atoms with E-state index in [1.54, 1.807) is 6.20 Å². The SMILES string of the molecule is Cc1ccnc(-c2cc(C)c(Br)c(C)c2)n1. The summed E-state index contributed by atoms with van der Waals surface area (Å²) >= 11 is 3.56. The molecule has 2 nitrogen and oxygen atoms in total. The van der Waals surface area contributed by atoms with Crippen molar-refractivity contribution in [3.05, 3.63) is 45.7 Å². The highest BCUT2D eigenvalue weighted by atomic mass is 79.9. The van der Waals surface area contributed by atoms with Gasteiger partial charge in [0.1, 0.15) is 0 Å². The number of rotatable bonds is 1. The van der Waals surface area contributed by atoms with Crippen LogP contribution in [0.5, 0.6) is 0 Å². The van der Waals surface area contributed by atoms with Gasteiger partial charge in [0.05, 0.1) is 0 Å². The molecule has 2 rings (SSSR count). The van der Waals surface area contributed by atoms with Gasteiger partial charge in [0.2, 0.25) is 0 Å². The number of aryl methyl sites for hydroxylation is 3. The highest BCUT2D eigenvalue weighted by molar-refractivity contribution is 9.10. The lowest BCUT2D eigenvalue weighted by Gasteiger charge is -2.07. The van der Waals surface area contributed by atoms with Crippen molar-refractivity contribution in [1.29, 1.82) is 0 Å². The molecular formula is C13H13BrN2. The Labute approximate surface area is 104 Å². The van der Waals surface area contributed by atoms with E-state index in [0.29, 0.717) is 0 Å². The second-order valence-corrected chi connectivity index (χ2v) is 4.74. The number of aromatic nitrogens is 2. The third-order valence-corrected chi connectivity index (χ3v) is 3.74. The van der Waals surface area contributed by atoms with Crippen LogP contribution in [0, 0.1) is 20.8 Å². The Morgan fingerprint density at radius 2 is 1.69 bits per heavy atom. The molecule has 0 bridgehead atoms.